The molecule has 6 nitrogen and oxygen atoms in total. The number of nitrogens with zero attached hydrogens (tertiary/aromatic N) is 3. The van der Waals surface area contributed by atoms with Gasteiger partial charge >= 0.3 is 0 Å². The fourth-order valence-electron chi connectivity index (χ4n) is 1.29. The van der Waals surface area contributed by atoms with Crippen LogP contribution in [0.15, 0.2) is 29.2 Å². The zero-order valence-electron chi connectivity index (χ0n) is 9.17. The highest BCUT2D eigenvalue weighted by atomic mass is 32.2. The first-order valence-corrected chi connectivity index (χ1v) is 6.06. The number of para-hydroxylation sites is 1. The van der Waals surface area contributed by atoms with Crippen molar-refractivity contribution in [1.29, 1.82) is 0 Å². The van der Waals surface area contributed by atoms with Crippen LogP contribution in [-0.2, 0) is 0 Å². The third kappa shape index (κ3) is 2.82. The molecule has 0 unspecified atom stereocenters. The number of nitrogens with one attached hydrogen (secondary N) is 2. The molecule has 0 aliphatic rings. The van der Waals surface area contributed by atoms with Crippen LogP contribution in [0, 0.1) is 0 Å². The Kier molecular flexibility index (Phi) is 3.71. The van der Waals surface area contributed by atoms with Crippen LogP contribution >= 0.6 is 11.8 Å². The molecule has 2 N–H and O–H groups in total. The number of amides is 1. The molecule has 2 rings (SSSR count). The molecule has 7 heteroatoms. The van der Waals surface area contributed by atoms with E-state index in [2.05, 4.69) is 32.9 Å². The third-order valence-corrected chi connectivity index (χ3v) is 2.94. The molecule has 0 bridgehead atoms. The zero-order chi connectivity index (χ0) is 12.1. The fourth-order valence-corrected chi connectivity index (χ4v) is 2.05. The Labute approximate surface area is 102 Å². The minimum absolute atomic E-state index is 0.0290. The first kappa shape index (κ1) is 11.6. The molecule has 0 fully saturated rings. The highest BCUT2D eigenvalue weighted by Gasteiger charge is 2.12. The molecule has 17 heavy (non-hydrogen) atoms. The molecule has 1 aromatic heterocycles. The van der Waals surface area contributed by atoms with E-state index in [-0.39, 0.29) is 11.7 Å². The summed E-state index contributed by atoms with van der Waals surface area (Å²) in [6, 6.07) is 7.60. The number of thioether (sulfide) groups is 1. The van der Waals surface area contributed by atoms with E-state index in [0.717, 1.165) is 16.3 Å². The maximum atomic E-state index is 11.7. The van der Waals surface area contributed by atoms with Crippen LogP contribution in [-0.4, -0.2) is 32.3 Å². The number of benzene rings is 1. The summed E-state index contributed by atoms with van der Waals surface area (Å²) in [6.07, 6.45) is 0. The second kappa shape index (κ2) is 5.44. The number of carbonyl (C=O) groups excluding carboxylic acids is 1. The van der Waals surface area contributed by atoms with Gasteiger partial charge in [0.25, 0.3) is 11.7 Å². The van der Waals surface area contributed by atoms with Gasteiger partial charge in [-0.3, -0.25) is 4.79 Å². The Morgan fingerprint density at radius 2 is 2.29 bits per heavy atom. The number of rotatable bonds is 4. The van der Waals surface area contributed by atoms with E-state index < -0.39 is 0 Å². The average molecular weight is 249 g/mol. The van der Waals surface area contributed by atoms with Gasteiger partial charge in [-0.25, -0.2) is 0 Å². The monoisotopic (exact) mass is 249 g/mol. The van der Waals surface area contributed by atoms with Gasteiger partial charge in [0.15, 0.2) is 0 Å². The molecule has 0 spiro atoms. The summed E-state index contributed by atoms with van der Waals surface area (Å²) in [4.78, 5) is 12.7. The highest BCUT2D eigenvalue weighted by molar-refractivity contribution is 7.99. The van der Waals surface area contributed by atoms with Crippen molar-refractivity contribution in [3.8, 4) is 0 Å². The van der Waals surface area contributed by atoms with Crippen LogP contribution in [0.4, 0.5) is 5.69 Å². The van der Waals surface area contributed by atoms with Gasteiger partial charge in [0, 0.05) is 4.90 Å². The number of aromatic amines is 1. The van der Waals surface area contributed by atoms with Gasteiger partial charge in [0.05, 0.1) is 5.69 Å². The summed E-state index contributed by atoms with van der Waals surface area (Å²) < 4.78 is 0. The molecule has 1 heterocycles. The number of hydrogen-bond donors (Lipinski definition) is 2. The van der Waals surface area contributed by atoms with Gasteiger partial charge in [0.2, 0.25) is 0 Å². The second-order valence-corrected chi connectivity index (χ2v) is 4.42. The van der Waals surface area contributed by atoms with E-state index in [0.29, 0.717) is 0 Å². The molecular weight excluding hydrogens is 238 g/mol. The van der Waals surface area contributed by atoms with E-state index in [1.165, 1.54) is 0 Å². The smallest absolute Gasteiger partial charge is 0.297 e. The van der Waals surface area contributed by atoms with Crippen molar-refractivity contribution >= 4 is 23.4 Å². The number of aromatic nitrogens is 4. The van der Waals surface area contributed by atoms with E-state index >= 15 is 0 Å². The number of anilines is 1. The quantitative estimate of drug-likeness (QED) is 0.803. The van der Waals surface area contributed by atoms with Crippen molar-refractivity contribution in [2.75, 3.05) is 11.1 Å². The summed E-state index contributed by atoms with van der Waals surface area (Å²) in [5, 5.41) is 15.6. The van der Waals surface area contributed by atoms with Gasteiger partial charge in [-0.1, -0.05) is 19.1 Å². The molecular formula is C10H11N5OS. The van der Waals surface area contributed by atoms with Crippen LogP contribution in [0.3, 0.4) is 0 Å². The summed E-state index contributed by atoms with van der Waals surface area (Å²) in [5.74, 6) is 0.596. The van der Waals surface area contributed by atoms with Crippen molar-refractivity contribution < 1.29 is 4.79 Å². The molecule has 0 aliphatic carbocycles. The fraction of sp³-hybridized carbons (Fsp3) is 0.200. The standard InChI is InChI=1S/C10H11N5OS/c1-2-17-8-6-4-3-5-7(8)11-10(16)9-12-14-15-13-9/h3-6H,2H2,1H3,(H,11,16)(H,12,13,14,15). The first-order chi connectivity index (χ1) is 8.31. The summed E-state index contributed by atoms with van der Waals surface area (Å²) in [5.41, 5.74) is 0.758. The molecule has 88 valence electrons. The lowest BCUT2D eigenvalue weighted by molar-refractivity contribution is 0.101. The molecule has 1 amide bonds. The molecule has 1 aromatic carbocycles. The van der Waals surface area contributed by atoms with Crippen LogP contribution in [0.2, 0.25) is 0 Å². The van der Waals surface area contributed by atoms with E-state index in [1.54, 1.807) is 11.8 Å². The zero-order valence-corrected chi connectivity index (χ0v) is 9.99. The first-order valence-electron chi connectivity index (χ1n) is 5.08. The second-order valence-electron chi connectivity index (χ2n) is 3.12. The van der Waals surface area contributed by atoms with Gasteiger partial charge in [-0.05, 0) is 23.1 Å². The molecule has 0 aliphatic heterocycles. The Balaban J connectivity index is 2.15. The molecule has 0 saturated carbocycles. The van der Waals surface area contributed by atoms with E-state index in [4.69, 9.17) is 0 Å². The minimum Gasteiger partial charge on any atom is -0.318 e. The average Bonchev–Trinajstić information content (AvgIpc) is 2.85. The maximum absolute atomic E-state index is 11.7. The van der Waals surface area contributed by atoms with E-state index in [9.17, 15) is 4.79 Å². The lowest BCUT2D eigenvalue weighted by atomic mass is 10.3. The van der Waals surface area contributed by atoms with Crippen LogP contribution in [0.1, 0.15) is 17.5 Å². The van der Waals surface area contributed by atoms with Gasteiger partial charge in [-0.2, -0.15) is 5.21 Å². The number of H-pyrrole nitrogens is 1. The highest BCUT2D eigenvalue weighted by Crippen LogP contribution is 2.26. The summed E-state index contributed by atoms with van der Waals surface area (Å²) in [6.45, 7) is 2.06. The van der Waals surface area contributed by atoms with Crippen molar-refractivity contribution in [1.82, 2.24) is 20.6 Å². The Bertz CT molecular complexity index is 499. The van der Waals surface area contributed by atoms with Crippen LogP contribution in [0.5, 0.6) is 0 Å². The lowest BCUT2D eigenvalue weighted by Gasteiger charge is -2.07. The molecule has 0 radical (unpaired) electrons. The van der Waals surface area contributed by atoms with Gasteiger partial charge < -0.3 is 5.32 Å². The van der Waals surface area contributed by atoms with Crippen molar-refractivity contribution in [3.05, 3.63) is 30.1 Å². The third-order valence-electron chi connectivity index (χ3n) is 1.98. The Hall–Kier alpha value is -1.89. The van der Waals surface area contributed by atoms with Crippen molar-refractivity contribution in [2.45, 2.75) is 11.8 Å². The number of hydrogen-bond acceptors (Lipinski definition) is 5. The summed E-state index contributed by atoms with van der Waals surface area (Å²) >= 11 is 1.66. The van der Waals surface area contributed by atoms with Crippen LogP contribution < -0.4 is 5.32 Å². The molecule has 0 saturated heterocycles. The van der Waals surface area contributed by atoms with Gasteiger partial charge in [-0.15, -0.1) is 22.0 Å². The number of carbonyl (C=O) groups is 1. The van der Waals surface area contributed by atoms with Crippen molar-refractivity contribution in [3.63, 3.8) is 0 Å². The predicted octanol–water partition coefficient (Wildman–Crippen LogP) is 1.56. The minimum atomic E-state index is -0.372. The van der Waals surface area contributed by atoms with Crippen molar-refractivity contribution in [2.24, 2.45) is 0 Å². The van der Waals surface area contributed by atoms with Crippen LogP contribution in [0.25, 0.3) is 0 Å². The molecule has 0 atom stereocenters. The number of tetrazole rings is 1. The topological polar surface area (TPSA) is 83.6 Å². The predicted molar refractivity (Wildman–Crippen MR) is 65.0 cm³/mol. The normalized spacial score (nSPS) is 10.2. The Morgan fingerprint density at radius 1 is 1.47 bits per heavy atom. The maximum Gasteiger partial charge on any atom is 0.297 e. The summed E-state index contributed by atoms with van der Waals surface area (Å²) in [7, 11) is 0. The molecule has 2 aromatic rings. The lowest BCUT2D eigenvalue weighted by Crippen LogP contribution is -2.14. The SMILES string of the molecule is CCSc1ccccc1NC(=O)c1nn[nH]n1. The van der Waals surface area contributed by atoms with Gasteiger partial charge in [0.1, 0.15) is 0 Å². The van der Waals surface area contributed by atoms with E-state index in [1.807, 2.05) is 24.3 Å². The largest absolute Gasteiger partial charge is 0.318 e. The Morgan fingerprint density at radius 3 is 3.00 bits per heavy atom.